The van der Waals surface area contributed by atoms with Gasteiger partial charge in [-0.1, -0.05) is 0 Å². The summed E-state index contributed by atoms with van der Waals surface area (Å²) in [4.78, 5) is 35.2. The molecule has 1 saturated heterocycles. The van der Waals surface area contributed by atoms with Crippen molar-refractivity contribution in [3.63, 3.8) is 0 Å². The van der Waals surface area contributed by atoms with E-state index in [1.54, 1.807) is 0 Å². The van der Waals surface area contributed by atoms with Gasteiger partial charge in [-0.05, 0) is 19.1 Å². The van der Waals surface area contributed by atoms with Gasteiger partial charge in [0.25, 0.3) is 5.79 Å². The van der Waals surface area contributed by atoms with E-state index in [0.29, 0.717) is 0 Å². The Labute approximate surface area is 137 Å². The number of methoxy groups -OCH3 is 1. The zero-order chi connectivity index (χ0) is 18.1. The molecule has 1 heterocycles. The van der Waals surface area contributed by atoms with Crippen molar-refractivity contribution in [3.05, 3.63) is 40.8 Å². The first-order valence-corrected chi connectivity index (χ1v) is 6.96. The Kier molecular flexibility index (Phi) is 4.59. The van der Waals surface area contributed by atoms with Gasteiger partial charge in [0.15, 0.2) is 5.57 Å². The number of cyclic esters (lactones) is 2. The van der Waals surface area contributed by atoms with Crippen LogP contribution >= 0.6 is 0 Å². The van der Waals surface area contributed by atoms with Crippen molar-refractivity contribution >= 4 is 23.6 Å². The molecule has 0 bridgehead atoms. The molecule has 24 heavy (non-hydrogen) atoms. The minimum Gasteiger partial charge on any atom is -0.465 e. The fraction of sp³-hybridized carbons (Fsp3) is 0.312. The van der Waals surface area contributed by atoms with Crippen molar-refractivity contribution < 1.29 is 33.0 Å². The molecule has 1 N–H and O–H groups in total. The van der Waals surface area contributed by atoms with Gasteiger partial charge in [0.05, 0.1) is 12.7 Å². The van der Waals surface area contributed by atoms with Crippen LogP contribution in [-0.2, 0) is 23.8 Å². The van der Waals surface area contributed by atoms with Crippen molar-refractivity contribution in [2.75, 3.05) is 12.4 Å². The van der Waals surface area contributed by atoms with E-state index in [2.05, 4.69) is 10.1 Å². The number of halogens is 1. The number of esters is 3. The van der Waals surface area contributed by atoms with Crippen LogP contribution in [0.3, 0.4) is 0 Å². The summed E-state index contributed by atoms with van der Waals surface area (Å²) < 4.78 is 28.3. The molecule has 1 aromatic carbocycles. The van der Waals surface area contributed by atoms with E-state index in [1.807, 2.05) is 0 Å². The van der Waals surface area contributed by atoms with Crippen molar-refractivity contribution in [2.45, 2.75) is 26.6 Å². The number of nitrogens with one attached hydrogen (secondary N) is 1. The molecule has 7 nitrogen and oxygen atoms in total. The topological polar surface area (TPSA) is 90.9 Å². The predicted molar refractivity (Wildman–Crippen MR) is 80.4 cm³/mol. The Balaban J connectivity index is 2.31. The van der Waals surface area contributed by atoms with E-state index in [9.17, 15) is 18.8 Å². The van der Waals surface area contributed by atoms with E-state index in [0.717, 1.165) is 12.3 Å². The molecule has 1 aliphatic rings. The summed E-state index contributed by atoms with van der Waals surface area (Å²) in [5, 5.41) is 2.62. The highest BCUT2D eigenvalue weighted by Crippen LogP contribution is 2.25. The van der Waals surface area contributed by atoms with Crippen LogP contribution in [0.2, 0.25) is 0 Å². The second kappa shape index (κ2) is 6.31. The molecule has 0 spiro atoms. The van der Waals surface area contributed by atoms with Crippen molar-refractivity contribution in [1.82, 2.24) is 0 Å². The largest absolute Gasteiger partial charge is 0.465 e. The molecule has 1 aliphatic heterocycles. The lowest BCUT2D eigenvalue weighted by Gasteiger charge is -2.29. The molecule has 1 fully saturated rings. The fourth-order valence-corrected chi connectivity index (χ4v) is 1.99. The van der Waals surface area contributed by atoms with Gasteiger partial charge in [-0.25, -0.2) is 18.8 Å². The normalized spacial score (nSPS) is 16.1. The number of hydrogen-bond donors (Lipinski definition) is 1. The van der Waals surface area contributed by atoms with E-state index < -0.39 is 29.5 Å². The van der Waals surface area contributed by atoms with Gasteiger partial charge in [0.1, 0.15) is 5.82 Å². The SMILES string of the molecule is COC(=O)c1cc(F)c(C)c(NC=C2C(=O)OC(C)(C)OC2=O)c1. The first kappa shape index (κ1) is 17.5. The monoisotopic (exact) mass is 337 g/mol. The lowest BCUT2D eigenvalue weighted by molar-refractivity contribution is -0.222. The molecule has 0 aliphatic carbocycles. The van der Waals surface area contributed by atoms with Gasteiger partial charge in [0.2, 0.25) is 0 Å². The minimum atomic E-state index is -1.35. The molecule has 0 radical (unpaired) electrons. The highest BCUT2D eigenvalue weighted by molar-refractivity contribution is 6.15. The summed E-state index contributed by atoms with van der Waals surface area (Å²) in [7, 11) is 1.17. The molecule has 8 heteroatoms. The highest BCUT2D eigenvalue weighted by atomic mass is 19.1. The Morgan fingerprint density at radius 3 is 2.38 bits per heavy atom. The van der Waals surface area contributed by atoms with Crippen molar-refractivity contribution in [1.29, 1.82) is 0 Å². The third-order valence-electron chi connectivity index (χ3n) is 3.25. The van der Waals surface area contributed by atoms with Crippen LogP contribution in [0.15, 0.2) is 23.9 Å². The van der Waals surface area contributed by atoms with E-state index in [4.69, 9.17) is 9.47 Å². The summed E-state index contributed by atoms with van der Waals surface area (Å²) in [6.07, 6.45) is 1.04. The Morgan fingerprint density at radius 2 is 1.83 bits per heavy atom. The first-order chi connectivity index (χ1) is 11.1. The van der Waals surface area contributed by atoms with Gasteiger partial charge in [-0.15, -0.1) is 0 Å². The van der Waals surface area contributed by atoms with E-state index in [-0.39, 0.29) is 22.4 Å². The summed E-state index contributed by atoms with van der Waals surface area (Å²) in [5.41, 5.74) is -0.0141. The van der Waals surface area contributed by atoms with Crippen LogP contribution in [0.5, 0.6) is 0 Å². The average Bonchev–Trinajstić information content (AvgIpc) is 2.48. The van der Waals surface area contributed by atoms with Crippen LogP contribution in [0.1, 0.15) is 29.8 Å². The lowest BCUT2D eigenvalue weighted by Crippen LogP contribution is -2.42. The summed E-state index contributed by atoms with van der Waals surface area (Å²) in [6, 6.07) is 2.37. The molecule has 0 unspecified atom stereocenters. The average molecular weight is 337 g/mol. The number of rotatable bonds is 3. The number of hydrogen-bond acceptors (Lipinski definition) is 7. The molecule has 2 rings (SSSR count). The van der Waals surface area contributed by atoms with Gasteiger partial charge < -0.3 is 19.5 Å². The number of benzene rings is 1. The highest BCUT2D eigenvalue weighted by Gasteiger charge is 2.39. The maximum absolute atomic E-state index is 13.9. The standard InChI is InChI=1S/C16H16FNO6/c1-8-11(17)5-9(13(19)22-4)6-12(8)18-7-10-14(20)23-16(2,3)24-15(10)21/h5-7,18H,1-4H3. The van der Waals surface area contributed by atoms with Crippen LogP contribution in [-0.4, -0.2) is 30.8 Å². The summed E-state index contributed by atoms with van der Waals surface area (Å²) in [5.74, 6) is -4.45. The van der Waals surface area contributed by atoms with Crippen molar-refractivity contribution in [3.8, 4) is 0 Å². The van der Waals surface area contributed by atoms with Crippen LogP contribution < -0.4 is 5.32 Å². The van der Waals surface area contributed by atoms with Gasteiger partial charge in [-0.2, -0.15) is 0 Å². The molecule has 0 aromatic heterocycles. The molecular formula is C16H16FNO6. The third kappa shape index (κ3) is 3.53. The zero-order valence-electron chi connectivity index (χ0n) is 13.6. The van der Waals surface area contributed by atoms with Crippen LogP contribution in [0, 0.1) is 12.7 Å². The zero-order valence-corrected chi connectivity index (χ0v) is 13.6. The first-order valence-electron chi connectivity index (χ1n) is 6.96. The van der Waals surface area contributed by atoms with Crippen LogP contribution in [0.25, 0.3) is 0 Å². The van der Waals surface area contributed by atoms with Gasteiger partial charge in [0, 0.05) is 31.3 Å². The fourth-order valence-electron chi connectivity index (χ4n) is 1.99. The maximum Gasteiger partial charge on any atom is 0.350 e. The molecule has 0 atom stereocenters. The smallest absolute Gasteiger partial charge is 0.350 e. The number of ether oxygens (including phenoxy) is 3. The Morgan fingerprint density at radius 1 is 1.25 bits per heavy atom. The molecule has 1 aromatic rings. The quantitative estimate of drug-likeness (QED) is 0.513. The molecule has 0 saturated carbocycles. The molecule has 128 valence electrons. The number of carbonyl (C=O) groups is 3. The predicted octanol–water partition coefficient (Wildman–Crippen LogP) is 2.05. The molecular weight excluding hydrogens is 321 g/mol. The third-order valence-corrected chi connectivity index (χ3v) is 3.25. The summed E-state index contributed by atoms with van der Waals surface area (Å²) in [6.45, 7) is 4.32. The van der Waals surface area contributed by atoms with Gasteiger partial charge >= 0.3 is 17.9 Å². The second-order valence-corrected chi connectivity index (χ2v) is 5.50. The Bertz CT molecular complexity index is 731. The van der Waals surface area contributed by atoms with E-state index >= 15 is 0 Å². The van der Waals surface area contributed by atoms with Crippen molar-refractivity contribution in [2.24, 2.45) is 0 Å². The lowest BCUT2D eigenvalue weighted by atomic mass is 10.1. The van der Waals surface area contributed by atoms with Crippen LogP contribution in [0.4, 0.5) is 10.1 Å². The van der Waals surface area contributed by atoms with Gasteiger partial charge in [-0.3, -0.25) is 0 Å². The Hall–Kier alpha value is -2.90. The number of anilines is 1. The maximum atomic E-state index is 13.9. The summed E-state index contributed by atoms with van der Waals surface area (Å²) >= 11 is 0. The second-order valence-electron chi connectivity index (χ2n) is 5.50. The molecule has 0 amide bonds. The minimum absolute atomic E-state index is 0.0172. The van der Waals surface area contributed by atoms with E-state index in [1.165, 1.54) is 33.9 Å². The number of carbonyl (C=O) groups excluding carboxylic acids is 3.